The Labute approximate surface area is 204 Å². The molecule has 0 fully saturated rings. The summed E-state index contributed by atoms with van der Waals surface area (Å²) in [5, 5.41) is 6.76. The molecule has 0 unspecified atom stereocenters. The molecule has 1 heterocycles. The largest absolute Gasteiger partial charge is 0.497 e. The molecule has 0 aliphatic rings. The van der Waals surface area contributed by atoms with E-state index in [1.807, 2.05) is 41.8 Å². The van der Waals surface area contributed by atoms with Crippen LogP contribution in [-0.2, 0) is 0 Å². The fourth-order valence-electron chi connectivity index (χ4n) is 3.12. The Hall–Kier alpha value is -3.52. The number of hydrogen-bond donors (Lipinski definition) is 0. The van der Waals surface area contributed by atoms with E-state index in [1.54, 1.807) is 38.3 Å². The predicted molar refractivity (Wildman–Crippen MR) is 138 cm³/mol. The summed E-state index contributed by atoms with van der Waals surface area (Å²) in [6.45, 7) is 9.09. The van der Waals surface area contributed by atoms with Gasteiger partial charge in [0.1, 0.15) is 11.5 Å². The van der Waals surface area contributed by atoms with E-state index in [2.05, 4.69) is 25.4 Å². The summed E-state index contributed by atoms with van der Waals surface area (Å²) >= 11 is 1.50. The first-order valence-electron chi connectivity index (χ1n) is 10.9. The topological polar surface area (TPSA) is 66.6 Å². The Morgan fingerprint density at radius 2 is 1.79 bits per heavy atom. The molecule has 0 saturated carbocycles. The number of hydrogen-bond acceptors (Lipinski definition) is 7. The summed E-state index contributed by atoms with van der Waals surface area (Å²) in [6, 6.07) is 11.4. The highest BCUT2D eigenvalue weighted by molar-refractivity contribution is 7.07. The van der Waals surface area contributed by atoms with Crippen LogP contribution in [0.4, 0.5) is 0 Å². The lowest BCUT2D eigenvalue weighted by atomic mass is 10.1. The van der Waals surface area contributed by atoms with Crippen LogP contribution in [0.5, 0.6) is 23.0 Å². The Kier molecular flexibility index (Phi) is 8.93. The molecule has 0 radical (unpaired) electrons. The quantitative estimate of drug-likeness (QED) is 0.277. The molecule has 7 nitrogen and oxygen atoms in total. The van der Waals surface area contributed by atoms with Crippen LogP contribution >= 0.6 is 11.3 Å². The summed E-state index contributed by atoms with van der Waals surface area (Å²) in [6.07, 6.45) is 3.52. The van der Waals surface area contributed by atoms with Gasteiger partial charge in [0, 0.05) is 17.0 Å². The van der Waals surface area contributed by atoms with Crippen LogP contribution in [-0.4, -0.2) is 45.4 Å². The standard InChI is InChI=1S/C26H31N3O4S/c1-7-12-27-26-29(22(17-34-26)21-10-9-20(30-4)14-24(21)31-5)28-15-19-8-11-23(25(13-19)32-6)33-16-18(2)3/h7-11,13-15,17-18H,1,12,16H2,2-6H3. The monoisotopic (exact) mass is 481 g/mol. The van der Waals surface area contributed by atoms with Crippen LogP contribution in [0.1, 0.15) is 19.4 Å². The smallest absolute Gasteiger partial charge is 0.206 e. The average molecular weight is 482 g/mol. The number of nitrogens with zero attached hydrogens (tertiary/aromatic N) is 3. The normalized spacial score (nSPS) is 11.8. The van der Waals surface area contributed by atoms with Crippen molar-refractivity contribution in [1.82, 2.24) is 4.68 Å². The molecule has 1 aromatic heterocycles. The van der Waals surface area contributed by atoms with Crippen LogP contribution < -0.4 is 23.7 Å². The summed E-state index contributed by atoms with van der Waals surface area (Å²) < 4.78 is 24.1. The molecule has 34 heavy (non-hydrogen) atoms. The molecular formula is C26H31N3O4S. The van der Waals surface area contributed by atoms with Gasteiger partial charge in [0.25, 0.3) is 0 Å². The summed E-state index contributed by atoms with van der Waals surface area (Å²) in [5.41, 5.74) is 2.61. The van der Waals surface area contributed by atoms with Gasteiger partial charge in [-0.05, 0) is 41.8 Å². The molecule has 0 aliphatic carbocycles. The average Bonchev–Trinajstić information content (AvgIpc) is 3.26. The highest BCUT2D eigenvalue weighted by atomic mass is 32.1. The van der Waals surface area contributed by atoms with Gasteiger partial charge in [-0.15, -0.1) is 17.9 Å². The molecule has 0 aliphatic heterocycles. The fraction of sp³-hybridized carbons (Fsp3) is 0.308. The lowest BCUT2D eigenvalue weighted by molar-refractivity contribution is 0.257. The van der Waals surface area contributed by atoms with Gasteiger partial charge in [0.05, 0.1) is 46.4 Å². The van der Waals surface area contributed by atoms with Gasteiger partial charge in [-0.25, -0.2) is 4.68 Å². The lowest BCUT2D eigenvalue weighted by Gasteiger charge is -2.13. The third kappa shape index (κ3) is 6.08. The zero-order valence-corrected chi connectivity index (χ0v) is 21.1. The Bertz CT molecular complexity index is 1210. The van der Waals surface area contributed by atoms with E-state index in [0.29, 0.717) is 42.1 Å². The highest BCUT2D eigenvalue weighted by Gasteiger charge is 2.14. The summed E-state index contributed by atoms with van der Waals surface area (Å²) in [4.78, 5) is 5.34. The Morgan fingerprint density at radius 3 is 2.47 bits per heavy atom. The van der Waals surface area contributed by atoms with E-state index in [1.165, 1.54) is 11.3 Å². The molecule has 180 valence electrons. The van der Waals surface area contributed by atoms with Crippen molar-refractivity contribution in [2.24, 2.45) is 16.0 Å². The minimum atomic E-state index is 0.423. The first-order chi connectivity index (χ1) is 16.5. The maximum absolute atomic E-state index is 5.86. The number of thiazole rings is 1. The SMILES string of the molecule is C=CCN=c1scc(-c2ccc(OC)cc2OC)n1N=Cc1ccc(OCC(C)C)c(OC)c1. The predicted octanol–water partition coefficient (Wildman–Crippen LogP) is 5.25. The molecule has 0 atom stereocenters. The molecule has 0 spiro atoms. The fourth-order valence-corrected chi connectivity index (χ4v) is 3.96. The Balaban J connectivity index is 2.03. The molecule has 0 amide bonds. The molecule has 3 aromatic rings. The third-order valence-electron chi connectivity index (χ3n) is 4.81. The van der Waals surface area contributed by atoms with E-state index in [9.17, 15) is 0 Å². The molecule has 8 heteroatoms. The van der Waals surface area contributed by atoms with Crippen molar-refractivity contribution in [2.45, 2.75) is 13.8 Å². The number of ether oxygens (including phenoxy) is 4. The van der Waals surface area contributed by atoms with Gasteiger partial charge in [-0.3, -0.25) is 4.99 Å². The van der Waals surface area contributed by atoms with Crippen LogP contribution in [0.2, 0.25) is 0 Å². The van der Waals surface area contributed by atoms with E-state index in [0.717, 1.165) is 21.6 Å². The number of rotatable bonds is 11. The number of methoxy groups -OCH3 is 3. The molecule has 0 bridgehead atoms. The zero-order valence-electron chi connectivity index (χ0n) is 20.3. The Morgan fingerprint density at radius 1 is 1.00 bits per heavy atom. The van der Waals surface area contributed by atoms with Gasteiger partial charge >= 0.3 is 0 Å². The molecule has 3 rings (SSSR count). The van der Waals surface area contributed by atoms with Crippen LogP contribution in [0.25, 0.3) is 11.3 Å². The van der Waals surface area contributed by atoms with Crippen LogP contribution in [0.15, 0.2) is 64.5 Å². The zero-order chi connectivity index (χ0) is 24.5. The van der Waals surface area contributed by atoms with Crippen LogP contribution in [0, 0.1) is 5.92 Å². The first kappa shape index (κ1) is 25.1. The summed E-state index contributed by atoms with van der Waals surface area (Å²) in [7, 11) is 4.89. The molecule has 0 saturated heterocycles. The van der Waals surface area contributed by atoms with Crippen molar-refractivity contribution in [3.05, 3.63) is 64.8 Å². The minimum absolute atomic E-state index is 0.423. The number of benzene rings is 2. The van der Waals surface area contributed by atoms with Gasteiger partial charge in [-0.1, -0.05) is 19.9 Å². The van der Waals surface area contributed by atoms with Crippen LogP contribution in [0.3, 0.4) is 0 Å². The van der Waals surface area contributed by atoms with E-state index >= 15 is 0 Å². The van der Waals surface area contributed by atoms with E-state index in [4.69, 9.17) is 24.0 Å². The molecular weight excluding hydrogens is 450 g/mol. The second-order valence-corrected chi connectivity index (χ2v) is 8.61. The van der Waals surface area contributed by atoms with Crippen molar-refractivity contribution in [3.63, 3.8) is 0 Å². The minimum Gasteiger partial charge on any atom is -0.497 e. The van der Waals surface area contributed by atoms with Crippen molar-refractivity contribution in [2.75, 3.05) is 34.5 Å². The lowest BCUT2D eigenvalue weighted by Crippen LogP contribution is -2.12. The van der Waals surface area contributed by atoms with Crippen molar-refractivity contribution >= 4 is 17.6 Å². The van der Waals surface area contributed by atoms with Crippen molar-refractivity contribution in [3.8, 4) is 34.3 Å². The molecule has 0 N–H and O–H groups in total. The highest BCUT2D eigenvalue weighted by Crippen LogP contribution is 2.34. The van der Waals surface area contributed by atoms with E-state index in [-0.39, 0.29) is 0 Å². The van der Waals surface area contributed by atoms with Gasteiger partial charge in [-0.2, -0.15) is 5.10 Å². The van der Waals surface area contributed by atoms with Gasteiger partial charge < -0.3 is 18.9 Å². The summed E-state index contributed by atoms with van der Waals surface area (Å²) in [5.74, 6) is 3.20. The van der Waals surface area contributed by atoms with Gasteiger partial charge in [0.15, 0.2) is 11.5 Å². The van der Waals surface area contributed by atoms with E-state index < -0.39 is 0 Å². The third-order valence-corrected chi connectivity index (χ3v) is 5.66. The second kappa shape index (κ2) is 12.1. The maximum Gasteiger partial charge on any atom is 0.206 e. The molecule has 2 aromatic carbocycles. The van der Waals surface area contributed by atoms with Crippen molar-refractivity contribution < 1.29 is 18.9 Å². The van der Waals surface area contributed by atoms with Crippen molar-refractivity contribution in [1.29, 1.82) is 0 Å². The number of aromatic nitrogens is 1. The van der Waals surface area contributed by atoms with Gasteiger partial charge in [0.2, 0.25) is 4.80 Å². The maximum atomic E-state index is 5.86. The first-order valence-corrected chi connectivity index (χ1v) is 11.8. The second-order valence-electron chi connectivity index (χ2n) is 7.77.